The molecule has 1 aliphatic heterocycles. The van der Waals surface area contributed by atoms with Gasteiger partial charge in [-0.2, -0.15) is 0 Å². The van der Waals surface area contributed by atoms with Crippen LogP contribution in [0.5, 0.6) is 5.75 Å². The highest BCUT2D eigenvalue weighted by Gasteiger charge is 2.43. The molecule has 0 bridgehead atoms. The van der Waals surface area contributed by atoms with Crippen LogP contribution >= 0.6 is 0 Å². The van der Waals surface area contributed by atoms with Crippen LogP contribution in [-0.2, 0) is 30.7 Å². The SMILES string of the molecule is CC(CCn1cnc2cc(-c3ccc(OCCN4CCOCC4)cc3F)ccc2c1=O)(C(=O)NO)S(C)(=O)=O.O=CO. The van der Waals surface area contributed by atoms with Crippen LogP contribution < -0.4 is 15.8 Å². The van der Waals surface area contributed by atoms with Gasteiger partial charge in [0.05, 0.1) is 30.4 Å². The van der Waals surface area contributed by atoms with Crippen LogP contribution in [0.15, 0.2) is 47.5 Å². The fraction of sp³-hybridized carbons (Fsp3) is 0.407. The lowest BCUT2D eigenvalue weighted by Gasteiger charge is -2.26. The van der Waals surface area contributed by atoms with Crippen LogP contribution in [0.25, 0.3) is 22.0 Å². The highest BCUT2D eigenvalue weighted by Crippen LogP contribution is 2.28. The molecule has 3 N–H and O–H groups in total. The molecule has 1 fully saturated rings. The zero-order chi connectivity index (χ0) is 30.9. The number of benzene rings is 2. The number of sulfone groups is 1. The molecular formula is C27H33FN4O9S. The lowest BCUT2D eigenvalue weighted by molar-refractivity contribution is -0.131. The Morgan fingerprint density at radius 3 is 2.52 bits per heavy atom. The number of aromatic nitrogens is 2. The van der Waals surface area contributed by atoms with Gasteiger partial charge in [0, 0.05) is 44.1 Å². The number of aryl methyl sites for hydroxylation is 1. The van der Waals surface area contributed by atoms with Crippen molar-refractivity contribution in [3.05, 3.63) is 58.9 Å². The first-order valence-electron chi connectivity index (χ1n) is 12.9. The molecule has 3 aromatic rings. The third kappa shape index (κ3) is 7.67. The normalized spacial score (nSPS) is 15.2. The van der Waals surface area contributed by atoms with E-state index >= 15 is 0 Å². The maximum Gasteiger partial charge on any atom is 0.290 e. The highest BCUT2D eigenvalue weighted by molar-refractivity contribution is 7.92. The lowest BCUT2D eigenvalue weighted by Crippen LogP contribution is -2.50. The van der Waals surface area contributed by atoms with Gasteiger partial charge >= 0.3 is 0 Å². The zero-order valence-electron chi connectivity index (χ0n) is 23.2. The van der Waals surface area contributed by atoms with E-state index in [9.17, 15) is 22.4 Å². The Hall–Kier alpha value is -3.92. The van der Waals surface area contributed by atoms with Crippen molar-refractivity contribution in [3.63, 3.8) is 0 Å². The van der Waals surface area contributed by atoms with Crippen LogP contribution in [0.3, 0.4) is 0 Å². The first-order chi connectivity index (χ1) is 19.9. The molecule has 1 atom stereocenters. The monoisotopic (exact) mass is 608 g/mol. The molecule has 13 nitrogen and oxygen atoms in total. The molecule has 4 rings (SSSR count). The van der Waals surface area contributed by atoms with Crippen molar-refractivity contribution in [1.29, 1.82) is 0 Å². The minimum absolute atomic E-state index is 0.137. The van der Waals surface area contributed by atoms with E-state index in [4.69, 9.17) is 24.6 Å². The van der Waals surface area contributed by atoms with Gasteiger partial charge in [-0.3, -0.25) is 29.1 Å². The summed E-state index contributed by atoms with van der Waals surface area (Å²) in [4.78, 5) is 40.0. The number of hydroxylamine groups is 1. The molecule has 2 heterocycles. The number of rotatable bonds is 10. The summed E-state index contributed by atoms with van der Waals surface area (Å²) in [5.74, 6) is -1.15. The predicted octanol–water partition coefficient (Wildman–Crippen LogP) is 1.31. The molecule has 0 saturated carbocycles. The van der Waals surface area contributed by atoms with Crippen molar-refractivity contribution in [2.75, 3.05) is 45.7 Å². The molecule has 0 spiro atoms. The number of amides is 1. The Balaban J connectivity index is 0.00000155. The van der Waals surface area contributed by atoms with Crippen LogP contribution in [0.2, 0.25) is 0 Å². The quantitative estimate of drug-likeness (QED) is 0.172. The van der Waals surface area contributed by atoms with E-state index in [1.165, 1.54) is 35.4 Å². The van der Waals surface area contributed by atoms with Crippen LogP contribution in [0.1, 0.15) is 13.3 Å². The average Bonchev–Trinajstić information content (AvgIpc) is 2.96. The second kappa shape index (κ2) is 14.3. The molecule has 228 valence electrons. The molecule has 1 unspecified atom stereocenters. The first kappa shape index (κ1) is 32.6. The number of nitrogens with one attached hydrogen (secondary N) is 1. The zero-order valence-corrected chi connectivity index (χ0v) is 24.0. The summed E-state index contributed by atoms with van der Waals surface area (Å²) < 4.78 is 49.6. The maximum atomic E-state index is 15.0. The number of ether oxygens (including phenoxy) is 2. The Bertz CT molecular complexity index is 1580. The molecule has 42 heavy (non-hydrogen) atoms. The summed E-state index contributed by atoms with van der Waals surface area (Å²) in [6.45, 7) is 5.03. The van der Waals surface area contributed by atoms with Gasteiger partial charge in [-0.25, -0.2) is 23.3 Å². The van der Waals surface area contributed by atoms with E-state index < -0.39 is 31.9 Å². The summed E-state index contributed by atoms with van der Waals surface area (Å²) in [6.07, 6.45) is 1.86. The predicted molar refractivity (Wildman–Crippen MR) is 151 cm³/mol. The fourth-order valence-electron chi connectivity index (χ4n) is 4.34. The number of hydrogen-bond donors (Lipinski definition) is 3. The van der Waals surface area contributed by atoms with Crippen LogP contribution in [-0.4, -0.2) is 96.0 Å². The van der Waals surface area contributed by atoms with Crippen molar-refractivity contribution >= 4 is 33.1 Å². The molecule has 1 aromatic heterocycles. The molecule has 1 amide bonds. The van der Waals surface area contributed by atoms with Crippen molar-refractivity contribution in [1.82, 2.24) is 19.9 Å². The minimum atomic E-state index is -3.91. The average molecular weight is 609 g/mol. The van der Waals surface area contributed by atoms with Crippen LogP contribution in [0, 0.1) is 5.82 Å². The minimum Gasteiger partial charge on any atom is -0.492 e. The van der Waals surface area contributed by atoms with Crippen molar-refractivity contribution < 1.29 is 42.2 Å². The number of carbonyl (C=O) groups is 2. The fourth-order valence-corrected chi connectivity index (χ4v) is 5.19. The number of hydrogen-bond acceptors (Lipinski definition) is 10. The van der Waals surface area contributed by atoms with E-state index in [2.05, 4.69) is 9.88 Å². The molecule has 15 heteroatoms. The Kier molecular flexibility index (Phi) is 11.1. The van der Waals surface area contributed by atoms with Crippen molar-refractivity contribution in [3.8, 4) is 16.9 Å². The van der Waals surface area contributed by atoms with E-state index in [-0.39, 0.29) is 24.8 Å². The van der Waals surface area contributed by atoms with Crippen molar-refractivity contribution in [2.45, 2.75) is 24.6 Å². The van der Waals surface area contributed by atoms with Gasteiger partial charge in [-0.1, -0.05) is 6.07 Å². The van der Waals surface area contributed by atoms with Crippen molar-refractivity contribution in [2.24, 2.45) is 0 Å². The number of carbonyl (C=O) groups excluding carboxylic acids is 1. The van der Waals surface area contributed by atoms with E-state index in [1.807, 2.05) is 0 Å². The van der Waals surface area contributed by atoms with Gasteiger partial charge in [0.2, 0.25) is 0 Å². The molecule has 2 aromatic carbocycles. The maximum absolute atomic E-state index is 15.0. The topological polar surface area (TPSA) is 177 Å². The Morgan fingerprint density at radius 2 is 1.90 bits per heavy atom. The highest BCUT2D eigenvalue weighted by atomic mass is 32.2. The summed E-state index contributed by atoms with van der Waals surface area (Å²) in [5.41, 5.74) is 2.11. The number of morpholine rings is 1. The Labute approximate surface area is 241 Å². The molecule has 1 saturated heterocycles. The summed E-state index contributed by atoms with van der Waals surface area (Å²) in [5, 5.41) is 16.1. The van der Waals surface area contributed by atoms with Crippen LogP contribution in [0.4, 0.5) is 4.39 Å². The van der Waals surface area contributed by atoms with Gasteiger partial charge in [0.1, 0.15) is 18.2 Å². The number of fused-ring (bicyclic) bond motifs is 1. The number of halogens is 1. The Morgan fingerprint density at radius 1 is 1.21 bits per heavy atom. The first-order valence-corrected chi connectivity index (χ1v) is 14.8. The molecule has 0 aliphatic carbocycles. The largest absolute Gasteiger partial charge is 0.492 e. The van der Waals surface area contributed by atoms with E-state index in [0.717, 1.165) is 25.9 Å². The van der Waals surface area contributed by atoms with Gasteiger partial charge in [-0.05, 0) is 43.2 Å². The van der Waals surface area contributed by atoms with Gasteiger partial charge in [0.25, 0.3) is 17.9 Å². The number of nitrogens with zero attached hydrogens (tertiary/aromatic N) is 3. The third-order valence-corrected chi connectivity index (χ3v) is 9.11. The van der Waals surface area contributed by atoms with Gasteiger partial charge in [-0.15, -0.1) is 0 Å². The standard InChI is InChI=1S/C26H31FN4O7S.CH2O2/c1-26(25(33)29-34,39(2,35)36)7-8-31-17-28-23-15-18(3-5-21(23)24(31)32)20-6-4-19(16-22(20)27)38-14-11-30-9-12-37-13-10-30;2-1-3/h3-6,15-17,34H,7-14H2,1-2H3,(H,29,33);1H,(H,2,3). The molecule has 1 aliphatic rings. The smallest absolute Gasteiger partial charge is 0.290 e. The number of carboxylic acid groups (broad SMARTS) is 1. The van der Waals surface area contributed by atoms with Gasteiger partial charge < -0.3 is 14.6 Å². The molecule has 0 radical (unpaired) electrons. The lowest BCUT2D eigenvalue weighted by atomic mass is 10.0. The third-order valence-electron chi connectivity index (χ3n) is 7.09. The molecular weight excluding hydrogens is 575 g/mol. The summed E-state index contributed by atoms with van der Waals surface area (Å²) in [6, 6.07) is 9.35. The van der Waals surface area contributed by atoms with E-state index in [1.54, 1.807) is 24.3 Å². The second-order valence-electron chi connectivity index (χ2n) is 9.72. The van der Waals surface area contributed by atoms with Gasteiger partial charge in [0.15, 0.2) is 14.6 Å². The second-order valence-corrected chi connectivity index (χ2v) is 12.2. The summed E-state index contributed by atoms with van der Waals surface area (Å²) >= 11 is 0. The summed E-state index contributed by atoms with van der Waals surface area (Å²) in [7, 11) is -3.91. The van der Waals surface area contributed by atoms with E-state index in [0.29, 0.717) is 42.2 Å².